The number of pyridine rings is 1. The number of amides is 2. The smallest absolute Gasteiger partial charge is 0.417 e. The molecule has 0 aliphatic carbocycles. The van der Waals surface area contributed by atoms with Gasteiger partial charge in [-0.15, -0.1) is 0 Å². The molecule has 0 aromatic carbocycles. The summed E-state index contributed by atoms with van der Waals surface area (Å²) in [6.45, 7) is 9.16. The van der Waals surface area contributed by atoms with Crippen molar-refractivity contribution in [3.8, 4) is 0 Å². The van der Waals surface area contributed by atoms with Gasteiger partial charge < -0.3 is 4.74 Å². The summed E-state index contributed by atoms with van der Waals surface area (Å²) in [6, 6.07) is 1.87. The lowest BCUT2D eigenvalue weighted by molar-refractivity contribution is 0.0246. The number of imide groups is 1. The number of aryl methyl sites for hydroxylation is 2. The minimum absolute atomic E-state index is 0.198. The fraction of sp³-hybridized carbons (Fsp3) is 0.467. The number of hydrogen-bond acceptors (Lipinski definition) is 5. The second kappa shape index (κ2) is 4.53. The van der Waals surface area contributed by atoms with Crippen LogP contribution in [0.25, 0.3) is 5.65 Å². The van der Waals surface area contributed by atoms with Crippen molar-refractivity contribution in [2.24, 2.45) is 0 Å². The van der Waals surface area contributed by atoms with Gasteiger partial charge >= 0.3 is 6.09 Å². The Labute approximate surface area is 127 Å². The Balaban J connectivity index is 2.05. The fourth-order valence-electron chi connectivity index (χ4n) is 2.53. The monoisotopic (exact) mass is 302 g/mol. The maximum absolute atomic E-state index is 12.6. The second-order valence-electron chi connectivity index (χ2n) is 6.46. The zero-order chi connectivity index (χ0) is 16.2. The van der Waals surface area contributed by atoms with E-state index in [1.165, 1.54) is 4.52 Å². The van der Waals surface area contributed by atoms with Crippen LogP contribution in [0.15, 0.2) is 6.07 Å². The Hall–Kier alpha value is -2.44. The molecule has 2 amide bonds. The number of ether oxygens (including phenoxy) is 1. The van der Waals surface area contributed by atoms with Gasteiger partial charge in [0.1, 0.15) is 17.1 Å². The molecule has 22 heavy (non-hydrogen) atoms. The summed E-state index contributed by atoms with van der Waals surface area (Å²) in [6.07, 6.45) is -0.641. The predicted octanol–water partition coefficient (Wildman–Crippen LogP) is 2.24. The molecular formula is C15H18N4O3. The number of carbonyl (C=O) groups excluding carboxylic acids is 2. The third kappa shape index (κ3) is 2.22. The molecule has 1 aliphatic heterocycles. The van der Waals surface area contributed by atoms with Crippen molar-refractivity contribution in [2.45, 2.75) is 46.8 Å². The highest BCUT2D eigenvalue weighted by atomic mass is 16.6. The Morgan fingerprint density at radius 3 is 2.64 bits per heavy atom. The topological polar surface area (TPSA) is 76.8 Å². The second-order valence-corrected chi connectivity index (χ2v) is 6.46. The summed E-state index contributed by atoms with van der Waals surface area (Å²) in [7, 11) is 0. The highest BCUT2D eigenvalue weighted by molar-refractivity contribution is 6.06. The van der Waals surface area contributed by atoms with Crippen molar-refractivity contribution in [1.29, 1.82) is 0 Å². The first-order valence-electron chi connectivity index (χ1n) is 7.08. The number of rotatable bonds is 0. The normalized spacial score (nSPS) is 14.6. The zero-order valence-corrected chi connectivity index (χ0v) is 13.3. The SMILES string of the molecule is Cc1nc2cc(C)c3c(n2n1)C(=O)N(C(=O)OC(C)(C)C)C3. The van der Waals surface area contributed by atoms with E-state index in [4.69, 9.17) is 4.74 Å². The molecule has 0 atom stereocenters. The van der Waals surface area contributed by atoms with E-state index in [2.05, 4.69) is 10.1 Å². The summed E-state index contributed by atoms with van der Waals surface area (Å²) >= 11 is 0. The van der Waals surface area contributed by atoms with E-state index in [0.717, 1.165) is 16.0 Å². The largest absolute Gasteiger partial charge is 0.443 e. The van der Waals surface area contributed by atoms with Crippen molar-refractivity contribution in [3.05, 3.63) is 28.7 Å². The maximum Gasteiger partial charge on any atom is 0.417 e. The van der Waals surface area contributed by atoms with E-state index in [1.54, 1.807) is 27.7 Å². The number of fused-ring (bicyclic) bond motifs is 3. The number of carbonyl (C=O) groups is 2. The summed E-state index contributed by atoms with van der Waals surface area (Å²) in [5, 5.41) is 4.25. The van der Waals surface area contributed by atoms with Crippen LogP contribution in [0.2, 0.25) is 0 Å². The Morgan fingerprint density at radius 1 is 1.32 bits per heavy atom. The van der Waals surface area contributed by atoms with Gasteiger partial charge in [0, 0.05) is 5.56 Å². The van der Waals surface area contributed by atoms with E-state index >= 15 is 0 Å². The quantitative estimate of drug-likeness (QED) is 0.746. The van der Waals surface area contributed by atoms with Gasteiger partial charge in [0.25, 0.3) is 5.91 Å². The lowest BCUT2D eigenvalue weighted by Gasteiger charge is -2.23. The molecule has 7 nitrogen and oxygen atoms in total. The molecule has 0 N–H and O–H groups in total. The van der Waals surface area contributed by atoms with E-state index in [1.807, 2.05) is 13.0 Å². The number of nitrogens with zero attached hydrogens (tertiary/aromatic N) is 4. The first-order chi connectivity index (χ1) is 10.2. The van der Waals surface area contributed by atoms with Crippen LogP contribution in [-0.4, -0.2) is 37.1 Å². The summed E-state index contributed by atoms with van der Waals surface area (Å²) < 4.78 is 6.81. The van der Waals surface area contributed by atoms with Gasteiger partial charge in [0.05, 0.1) is 6.54 Å². The molecule has 3 rings (SSSR count). The van der Waals surface area contributed by atoms with E-state index < -0.39 is 17.6 Å². The fourth-order valence-corrected chi connectivity index (χ4v) is 2.53. The summed E-state index contributed by atoms with van der Waals surface area (Å²) in [5.74, 6) is 0.180. The van der Waals surface area contributed by atoms with Gasteiger partial charge in [-0.05, 0) is 46.2 Å². The van der Waals surface area contributed by atoms with Crippen LogP contribution in [0.5, 0.6) is 0 Å². The predicted molar refractivity (Wildman–Crippen MR) is 78.6 cm³/mol. The molecular weight excluding hydrogens is 284 g/mol. The molecule has 2 aromatic heterocycles. The molecule has 0 bridgehead atoms. The van der Waals surface area contributed by atoms with Gasteiger partial charge in [-0.2, -0.15) is 5.10 Å². The average Bonchev–Trinajstić information content (AvgIpc) is 2.88. The molecule has 0 saturated carbocycles. The minimum atomic E-state index is -0.652. The van der Waals surface area contributed by atoms with E-state index in [0.29, 0.717) is 17.2 Å². The molecule has 1 aliphatic rings. The Bertz CT molecular complexity index is 801. The van der Waals surface area contributed by atoms with Gasteiger partial charge in [0.15, 0.2) is 5.65 Å². The van der Waals surface area contributed by atoms with Crippen LogP contribution in [0.1, 0.15) is 48.2 Å². The van der Waals surface area contributed by atoms with Crippen molar-refractivity contribution in [3.63, 3.8) is 0 Å². The van der Waals surface area contributed by atoms with Crippen LogP contribution in [0.4, 0.5) is 4.79 Å². The third-order valence-electron chi connectivity index (χ3n) is 3.44. The van der Waals surface area contributed by atoms with Gasteiger partial charge in [-0.25, -0.2) is 19.2 Å². The van der Waals surface area contributed by atoms with Gasteiger partial charge in [-0.1, -0.05) is 0 Å². The van der Waals surface area contributed by atoms with Crippen LogP contribution in [0, 0.1) is 13.8 Å². The first-order valence-corrected chi connectivity index (χ1v) is 7.08. The van der Waals surface area contributed by atoms with Gasteiger partial charge in [-0.3, -0.25) is 4.79 Å². The molecule has 2 aromatic rings. The number of hydrogen-bond donors (Lipinski definition) is 0. The highest BCUT2D eigenvalue weighted by Crippen LogP contribution is 2.28. The van der Waals surface area contributed by atoms with Crippen LogP contribution < -0.4 is 0 Å². The third-order valence-corrected chi connectivity index (χ3v) is 3.44. The van der Waals surface area contributed by atoms with Crippen molar-refractivity contribution >= 4 is 17.6 Å². The van der Waals surface area contributed by atoms with E-state index in [-0.39, 0.29) is 6.54 Å². The summed E-state index contributed by atoms with van der Waals surface area (Å²) in [5.41, 5.74) is 2.04. The first kappa shape index (κ1) is 14.5. The molecule has 0 radical (unpaired) electrons. The number of aromatic nitrogens is 3. The Kier molecular flexibility index (Phi) is 2.98. The molecule has 0 saturated heterocycles. The lowest BCUT2D eigenvalue weighted by Crippen LogP contribution is -2.37. The Morgan fingerprint density at radius 2 is 2.00 bits per heavy atom. The lowest BCUT2D eigenvalue weighted by atomic mass is 10.1. The molecule has 0 unspecified atom stereocenters. The molecule has 116 valence electrons. The van der Waals surface area contributed by atoms with Crippen LogP contribution in [-0.2, 0) is 11.3 Å². The van der Waals surface area contributed by atoms with Crippen LogP contribution >= 0.6 is 0 Å². The standard InChI is InChI=1S/C15H18N4O3/c1-8-6-11-16-9(2)17-19(11)12-10(8)7-18(13(12)20)14(21)22-15(3,4)5/h6H,7H2,1-5H3. The summed E-state index contributed by atoms with van der Waals surface area (Å²) in [4.78, 5) is 30.3. The van der Waals surface area contributed by atoms with Crippen LogP contribution in [0.3, 0.4) is 0 Å². The zero-order valence-electron chi connectivity index (χ0n) is 13.3. The maximum atomic E-state index is 12.6. The van der Waals surface area contributed by atoms with Crippen molar-refractivity contribution < 1.29 is 14.3 Å². The van der Waals surface area contributed by atoms with Crippen molar-refractivity contribution in [2.75, 3.05) is 0 Å². The van der Waals surface area contributed by atoms with Gasteiger partial charge in [0.2, 0.25) is 0 Å². The highest BCUT2D eigenvalue weighted by Gasteiger charge is 2.38. The molecule has 7 heteroatoms. The minimum Gasteiger partial charge on any atom is -0.443 e. The molecule has 3 heterocycles. The van der Waals surface area contributed by atoms with E-state index in [9.17, 15) is 9.59 Å². The molecule has 0 spiro atoms. The molecule has 0 fully saturated rings. The van der Waals surface area contributed by atoms with Crippen molar-refractivity contribution in [1.82, 2.24) is 19.5 Å². The average molecular weight is 302 g/mol.